The van der Waals surface area contributed by atoms with Crippen molar-refractivity contribution in [2.75, 3.05) is 23.8 Å². The number of nitrogens with two attached hydrogens (primary N) is 1. The average Bonchev–Trinajstić information content (AvgIpc) is 2.37. The average molecular weight is 277 g/mol. The lowest BCUT2D eigenvalue weighted by atomic mass is 10.2. The fourth-order valence-corrected chi connectivity index (χ4v) is 2.07. The highest BCUT2D eigenvalue weighted by Crippen LogP contribution is 2.33. The molecular formula is C14H19N3O3. The molecule has 1 aromatic rings. The Balaban J connectivity index is 2.08. The lowest BCUT2D eigenvalue weighted by Gasteiger charge is -2.29. The molecule has 0 spiro atoms. The van der Waals surface area contributed by atoms with Gasteiger partial charge in [0.05, 0.1) is 5.69 Å². The van der Waals surface area contributed by atoms with E-state index in [1.54, 1.807) is 23.1 Å². The van der Waals surface area contributed by atoms with Crippen LogP contribution >= 0.6 is 0 Å². The van der Waals surface area contributed by atoms with Crippen molar-refractivity contribution in [3.8, 4) is 5.75 Å². The van der Waals surface area contributed by atoms with Crippen LogP contribution in [0.25, 0.3) is 0 Å². The Morgan fingerprint density at radius 1 is 1.50 bits per heavy atom. The number of carbonyl (C=O) groups excluding carboxylic acids is 2. The SMILES string of the molecule is CC(C)NC(=O)CCN1C(=O)COc2cc(N)ccc21. The summed E-state index contributed by atoms with van der Waals surface area (Å²) in [5, 5.41) is 2.80. The number of ether oxygens (including phenoxy) is 1. The van der Waals surface area contributed by atoms with Crippen molar-refractivity contribution in [3.05, 3.63) is 18.2 Å². The van der Waals surface area contributed by atoms with Gasteiger partial charge in [0.25, 0.3) is 5.91 Å². The Kier molecular flexibility index (Phi) is 4.12. The summed E-state index contributed by atoms with van der Waals surface area (Å²) < 4.78 is 5.35. The molecule has 108 valence electrons. The zero-order valence-electron chi connectivity index (χ0n) is 11.7. The summed E-state index contributed by atoms with van der Waals surface area (Å²) in [6.45, 7) is 4.10. The van der Waals surface area contributed by atoms with E-state index in [1.165, 1.54) is 0 Å². The number of carbonyl (C=O) groups is 2. The van der Waals surface area contributed by atoms with Gasteiger partial charge in [0.1, 0.15) is 5.75 Å². The van der Waals surface area contributed by atoms with Crippen molar-refractivity contribution in [1.29, 1.82) is 0 Å². The molecule has 0 unspecified atom stereocenters. The molecular weight excluding hydrogens is 258 g/mol. The third-order valence-electron chi connectivity index (χ3n) is 2.94. The minimum atomic E-state index is -0.153. The van der Waals surface area contributed by atoms with Crippen molar-refractivity contribution in [2.24, 2.45) is 0 Å². The van der Waals surface area contributed by atoms with Gasteiger partial charge in [-0.15, -0.1) is 0 Å². The van der Waals surface area contributed by atoms with Gasteiger partial charge in [0.2, 0.25) is 5.91 Å². The second-order valence-electron chi connectivity index (χ2n) is 5.03. The van der Waals surface area contributed by atoms with E-state index >= 15 is 0 Å². The van der Waals surface area contributed by atoms with Crippen LogP contribution in [-0.4, -0.2) is 31.0 Å². The van der Waals surface area contributed by atoms with E-state index in [4.69, 9.17) is 10.5 Å². The first-order valence-corrected chi connectivity index (χ1v) is 6.59. The summed E-state index contributed by atoms with van der Waals surface area (Å²) in [5.41, 5.74) is 6.93. The number of anilines is 2. The molecule has 0 aromatic heterocycles. The number of hydrogen-bond donors (Lipinski definition) is 2. The summed E-state index contributed by atoms with van der Waals surface area (Å²) in [4.78, 5) is 25.2. The lowest BCUT2D eigenvalue weighted by Crippen LogP contribution is -2.41. The minimum absolute atomic E-state index is 0.0255. The monoisotopic (exact) mass is 277 g/mol. The third-order valence-corrected chi connectivity index (χ3v) is 2.94. The molecule has 3 N–H and O–H groups in total. The van der Waals surface area contributed by atoms with Gasteiger partial charge in [-0.05, 0) is 26.0 Å². The molecule has 6 nitrogen and oxygen atoms in total. The van der Waals surface area contributed by atoms with E-state index in [0.29, 0.717) is 23.7 Å². The van der Waals surface area contributed by atoms with E-state index in [9.17, 15) is 9.59 Å². The van der Waals surface area contributed by atoms with Crippen LogP contribution in [0.3, 0.4) is 0 Å². The van der Waals surface area contributed by atoms with Gasteiger partial charge < -0.3 is 20.7 Å². The van der Waals surface area contributed by atoms with Crippen molar-refractivity contribution >= 4 is 23.2 Å². The maximum absolute atomic E-state index is 11.9. The predicted molar refractivity (Wildman–Crippen MR) is 76.6 cm³/mol. The second kappa shape index (κ2) is 5.81. The highest BCUT2D eigenvalue weighted by atomic mass is 16.5. The summed E-state index contributed by atoms with van der Waals surface area (Å²) in [5.74, 6) is 0.352. The van der Waals surface area contributed by atoms with Crippen molar-refractivity contribution in [1.82, 2.24) is 5.32 Å². The van der Waals surface area contributed by atoms with Crippen molar-refractivity contribution in [2.45, 2.75) is 26.3 Å². The topological polar surface area (TPSA) is 84.7 Å². The molecule has 1 aliphatic heterocycles. The predicted octanol–water partition coefficient (Wildman–Crippen LogP) is 0.909. The second-order valence-corrected chi connectivity index (χ2v) is 5.03. The molecule has 0 bridgehead atoms. The van der Waals surface area contributed by atoms with E-state index in [-0.39, 0.29) is 30.9 Å². The number of hydrogen-bond acceptors (Lipinski definition) is 4. The number of amides is 2. The van der Waals surface area contributed by atoms with Crippen LogP contribution in [0.1, 0.15) is 20.3 Å². The highest BCUT2D eigenvalue weighted by Gasteiger charge is 2.25. The maximum Gasteiger partial charge on any atom is 0.265 e. The number of fused-ring (bicyclic) bond motifs is 1. The molecule has 20 heavy (non-hydrogen) atoms. The zero-order valence-corrected chi connectivity index (χ0v) is 11.7. The van der Waals surface area contributed by atoms with Gasteiger partial charge in [-0.25, -0.2) is 0 Å². The van der Waals surface area contributed by atoms with Crippen LogP contribution in [0.2, 0.25) is 0 Å². The fourth-order valence-electron chi connectivity index (χ4n) is 2.07. The molecule has 0 radical (unpaired) electrons. The number of benzene rings is 1. The Bertz CT molecular complexity index is 528. The summed E-state index contributed by atoms with van der Waals surface area (Å²) >= 11 is 0. The molecule has 2 amide bonds. The molecule has 1 heterocycles. The maximum atomic E-state index is 11.9. The molecule has 1 aliphatic rings. The molecule has 2 rings (SSSR count). The number of nitrogens with one attached hydrogen (secondary N) is 1. The van der Waals surface area contributed by atoms with Crippen LogP contribution in [-0.2, 0) is 9.59 Å². The quantitative estimate of drug-likeness (QED) is 0.801. The lowest BCUT2D eigenvalue weighted by molar-refractivity contribution is -0.122. The normalized spacial score (nSPS) is 13.9. The highest BCUT2D eigenvalue weighted by molar-refractivity contribution is 5.98. The van der Waals surface area contributed by atoms with Crippen LogP contribution in [0.5, 0.6) is 5.75 Å². The molecule has 6 heteroatoms. The molecule has 0 fully saturated rings. The summed E-state index contributed by atoms with van der Waals surface area (Å²) in [6, 6.07) is 5.22. The Labute approximate surface area is 117 Å². The largest absolute Gasteiger partial charge is 0.481 e. The zero-order chi connectivity index (χ0) is 14.7. The van der Waals surface area contributed by atoms with E-state index < -0.39 is 0 Å². The number of nitrogen functional groups attached to an aromatic ring is 1. The molecule has 0 saturated carbocycles. The van der Waals surface area contributed by atoms with E-state index in [2.05, 4.69) is 5.32 Å². The van der Waals surface area contributed by atoms with Gasteiger partial charge in [-0.2, -0.15) is 0 Å². The van der Waals surface area contributed by atoms with Crippen LogP contribution in [0, 0.1) is 0 Å². The molecule has 1 aromatic carbocycles. The first-order chi connectivity index (χ1) is 9.47. The smallest absolute Gasteiger partial charge is 0.265 e. The summed E-state index contributed by atoms with van der Waals surface area (Å²) in [6.07, 6.45) is 0.258. The standard InChI is InChI=1S/C14H19N3O3/c1-9(2)16-13(18)5-6-17-11-4-3-10(15)7-12(11)20-8-14(17)19/h3-4,7,9H,5-6,8,15H2,1-2H3,(H,16,18). The molecule has 0 atom stereocenters. The molecule has 0 aliphatic carbocycles. The number of rotatable bonds is 4. The van der Waals surface area contributed by atoms with Gasteiger partial charge in [0, 0.05) is 30.8 Å². The van der Waals surface area contributed by atoms with E-state index in [0.717, 1.165) is 0 Å². The first kappa shape index (κ1) is 14.2. The summed E-state index contributed by atoms with van der Waals surface area (Å²) in [7, 11) is 0. The number of nitrogens with zero attached hydrogens (tertiary/aromatic N) is 1. The van der Waals surface area contributed by atoms with Gasteiger partial charge in [-0.1, -0.05) is 0 Å². The van der Waals surface area contributed by atoms with Crippen molar-refractivity contribution in [3.63, 3.8) is 0 Å². The fraction of sp³-hybridized carbons (Fsp3) is 0.429. The molecule has 0 saturated heterocycles. The van der Waals surface area contributed by atoms with Gasteiger partial charge in [0.15, 0.2) is 6.61 Å². The van der Waals surface area contributed by atoms with Gasteiger partial charge >= 0.3 is 0 Å². The Morgan fingerprint density at radius 3 is 2.95 bits per heavy atom. The van der Waals surface area contributed by atoms with E-state index in [1.807, 2.05) is 13.8 Å². The third kappa shape index (κ3) is 3.20. The Hall–Kier alpha value is -2.24. The van der Waals surface area contributed by atoms with Crippen molar-refractivity contribution < 1.29 is 14.3 Å². The Morgan fingerprint density at radius 2 is 2.25 bits per heavy atom. The first-order valence-electron chi connectivity index (χ1n) is 6.59. The van der Waals surface area contributed by atoms with Crippen LogP contribution in [0.4, 0.5) is 11.4 Å². The minimum Gasteiger partial charge on any atom is -0.481 e. The van der Waals surface area contributed by atoms with Gasteiger partial charge in [-0.3, -0.25) is 9.59 Å². The van der Waals surface area contributed by atoms with Crippen LogP contribution < -0.4 is 20.7 Å². The van der Waals surface area contributed by atoms with Crippen LogP contribution in [0.15, 0.2) is 18.2 Å².